The largest absolute Gasteiger partial charge is 0.384 e. The summed E-state index contributed by atoms with van der Waals surface area (Å²) in [4.78, 5) is 13.4. The third-order valence-electron chi connectivity index (χ3n) is 2.86. The smallest absolute Gasteiger partial charge is 0.256 e. The zero-order valence-corrected chi connectivity index (χ0v) is 15.1. The van der Waals surface area contributed by atoms with E-state index in [4.69, 9.17) is 16.3 Å². The van der Waals surface area contributed by atoms with Crippen molar-refractivity contribution in [3.8, 4) is 0 Å². The maximum absolute atomic E-state index is 12.5. The van der Waals surface area contributed by atoms with Crippen LogP contribution >= 0.6 is 39.3 Å². The highest BCUT2D eigenvalue weighted by molar-refractivity contribution is 9.10. The first-order chi connectivity index (χ1) is 10.6. The van der Waals surface area contributed by atoms with Crippen LogP contribution in [0, 0.1) is 0 Å². The van der Waals surface area contributed by atoms with Crippen molar-refractivity contribution >= 4 is 50.9 Å². The van der Waals surface area contributed by atoms with Gasteiger partial charge in [-0.3, -0.25) is 4.79 Å². The minimum absolute atomic E-state index is 0.176. The van der Waals surface area contributed by atoms with Crippen LogP contribution in [-0.4, -0.2) is 25.4 Å². The number of methoxy groups -OCH3 is 1. The predicted octanol–water partition coefficient (Wildman–Crippen LogP) is 5.09. The van der Waals surface area contributed by atoms with Gasteiger partial charge in [0.25, 0.3) is 5.91 Å². The Bertz CT molecular complexity index is 666. The maximum Gasteiger partial charge on any atom is 0.256 e. The molecule has 22 heavy (non-hydrogen) atoms. The lowest BCUT2D eigenvalue weighted by molar-refractivity contribution is 0.102. The highest BCUT2D eigenvalue weighted by Crippen LogP contribution is 2.28. The fourth-order valence-corrected chi connectivity index (χ4v) is 3.48. The average molecular weight is 401 g/mol. The highest BCUT2D eigenvalue weighted by atomic mass is 79.9. The Labute approximate surface area is 147 Å². The topological polar surface area (TPSA) is 38.3 Å². The van der Waals surface area contributed by atoms with Gasteiger partial charge in [-0.1, -0.05) is 39.7 Å². The molecule has 1 amide bonds. The van der Waals surface area contributed by atoms with Gasteiger partial charge in [-0.15, -0.1) is 11.8 Å². The number of benzene rings is 2. The SMILES string of the molecule is COCCSc1ccccc1C(=O)Nc1ccc(Br)cc1Cl. The van der Waals surface area contributed by atoms with Crippen molar-refractivity contribution in [3.63, 3.8) is 0 Å². The summed E-state index contributed by atoms with van der Waals surface area (Å²) in [6.07, 6.45) is 0. The van der Waals surface area contributed by atoms with Crippen LogP contribution in [0.15, 0.2) is 51.8 Å². The van der Waals surface area contributed by atoms with E-state index >= 15 is 0 Å². The number of carbonyl (C=O) groups is 1. The lowest BCUT2D eigenvalue weighted by Gasteiger charge is -2.11. The molecule has 3 nitrogen and oxygen atoms in total. The Hall–Kier alpha value is -1.01. The van der Waals surface area contributed by atoms with Crippen LogP contribution in [0.3, 0.4) is 0 Å². The first-order valence-corrected chi connectivity index (χ1v) is 8.74. The Morgan fingerprint density at radius 1 is 1.32 bits per heavy atom. The van der Waals surface area contributed by atoms with Crippen LogP contribution in [0.1, 0.15) is 10.4 Å². The molecule has 0 aliphatic rings. The lowest BCUT2D eigenvalue weighted by atomic mass is 10.2. The molecule has 0 fully saturated rings. The quantitative estimate of drug-likeness (QED) is 0.542. The van der Waals surface area contributed by atoms with Crippen molar-refractivity contribution in [3.05, 3.63) is 57.5 Å². The molecule has 0 heterocycles. The summed E-state index contributed by atoms with van der Waals surface area (Å²) in [5.74, 6) is 0.615. The Kier molecular flexibility index (Phi) is 6.76. The van der Waals surface area contributed by atoms with Crippen LogP contribution in [0.4, 0.5) is 5.69 Å². The number of thioether (sulfide) groups is 1. The second-order valence-electron chi connectivity index (χ2n) is 4.42. The van der Waals surface area contributed by atoms with Gasteiger partial charge < -0.3 is 10.1 Å². The van der Waals surface area contributed by atoms with E-state index in [1.54, 1.807) is 37.1 Å². The Morgan fingerprint density at radius 2 is 2.09 bits per heavy atom. The first-order valence-electron chi connectivity index (χ1n) is 6.59. The Morgan fingerprint density at radius 3 is 2.82 bits per heavy atom. The van der Waals surface area contributed by atoms with Crippen LogP contribution in [-0.2, 0) is 4.74 Å². The highest BCUT2D eigenvalue weighted by Gasteiger charge is 2.13. The number of ether oxygens (including phenoxy) is 1. The van der Waals surface area contributed by atoms with E-state index in [0.717, 1.165) is 15.1 Å². The standard InChI is InChI=1S/C16H15BrClNO2S/c1-21-8-9-22-15-5-3-2-4-12(15)16(20)19-14-7-6-11(17)10-13(14)18/h2-7,10H,8-9H2,1H3,(H,19,20). The van der Waals surface area contributed by atoms with E-state index < -0.39 is 0 Å². The zero-order valence-electron chi connectivity index (χ0n) is 11.9. The van der Waals surface area contributed by atoms with Gasteiger partial charge in [-0.2, -0.15) is 0 Å². The fraction of sp³-hybridized carbons (Fsp3) is 0.188. The molecule has 0 spiro atoms. The molecule has 0 atom stereocenters. The molecule has 116 valence electrons. The summed E-state index contributed by atoms with van der Waals surface area (Å²) in [5, 5.41) is 3.34. The summed E-state index contributed by atoms with van der Waals surface area (Å²) in [7, 11) is 1.66. The predicted molar refractivity (Wildman–Crippen MR) is 96.1 cm³/mol. The van der Waals surface area contributed by atoms with Gasteiger partial charge in [0.2, 0.25) is 0 Å². The van der Waals surface area contributed by atoms with Crippen molar-refractivity contribution in [1.29, 1.82) is 0 Å². The molecule has 0 bridgehead atoms. The number of anilines is 1. The van der Waals surface area contributed by atoms with E-state index in [1.807, 2.05) is 24.3 Å². The monoisotopic (exact) mass is 399 g/mol. The van der Waals surface area contributed by atoms with Crippen molar-refractivity contribution < 1.29 is 9.53 Å². The normalized spacial score (nSPS) is 10.5. The summed E-state index contributed by atoms with van der Waals surface area (Å²) in [6, 6.07) is 12.8. The number of carbonyl (C=O) groups excluding carboxylic acids is 1. The number of nitrogens with one attached hydrogen (secondary N) is 1. The second kappa shape index (κ2) is 8.58. The van der Waals surface area contributed by atoms with E-state index in [-0.39, 0.29) is 5.91 Å². The first kappa shape index (κ1) is 17.3. The molecule has 6 heteroatoms. The number of rotatable bonds is 6. The average Bonchev–Trinajstić information content (AvgIpc) is 2.51. The molecule has 2 aromatic rings. The third kappa shape index (κ3) is 4.74. The van der Waals surface area contributed by atoms with Gasteiger partial charge >= 0.3 is 0 Å². The van der Waals surface area contributed by atoms with Crippen LogP contribution < -0.4 is 5.32 Å². The van der Waals surface area contributed by atoms with Gasteiger partial charge in [0.05, 0.1) is 22.9 Å². The minimum Gasteiger partial charge on any atom is -0.384 e. The van der Waals surface area contributed by atoms with E-state index in [0.29, 0.717) is 22.9 Å². The molecule has 1 N–H and O–H groups in total. The van der Waals surface area contributed by atoms with Crippen LogP contribution in [0.25, 0.3) is 0 Å². The summed E-state index contributed by atoms with van der Waals surface area (Å²) >= 11 is 11.1. The van der Waals surface area contributed by atoms with Gasteiger partial charge in [0.15, 0.2) is 0 Å². The van der Waals surface area contributed by atoms with Gasteiger partial charge in [-0.25, -0.2) is 0 Å². The third-order valence-corrected chi connectivity index (χ3v) is 4.70. The molecule has 0 radical (unpaired) electrons. The molecule has 0 unspecified atom stereocenters. The number of hydrogen-bond donors (Lipinski definition) is 1. The Balaban J connectivity index is 2.15. The van der Waals surface area contributed by atoms with Gasteiger partial charge in [0.1, 0.15) is 0 Å². The van der Waals surface area contributed by atoms with E-state index in [9.17, 15) is 4.79 Å². The molecule has 0 saturated carbocycles. The fourth-order valence-electron chi connectivity index (χ4n) is 1.80. The minimum atomic E-state index is -0.176. The van der Waals surface area contributed by atoms with Crippen LogP contribution in [0.2, 0.25) is 5.02 Å². The molecule has 0 aliphatic heterocycles. The van der Waals surface area contributed by atoms with Crippen molar-refractivity contribution in [1.82, 2.24) is 0 Å². The van der Waals surface area contributed by atoms with E-state index in [1.165, 1.54) is 0 Å². The van der Waals surface area contributed by atoms with Crippen LogP contribution in [0.5, 0.6) is 0 Å². The zero-order chi connectivity index (χ0) is 15.9. The summed E-state index contributed by atoms with van der Waals surface area (Å²) in [5.41, 5.74) is 1.22. The number of amides is 1. The van der Waals surface area contributed by atoms with Crippen molar-refractivity contribution in [2.24, 2.45) is 0 Å². The lowest BCUT2D eigenvalue weighted by Crippen LogP contribution is -2.13. The molecule has 0 aliphatic carbocycles. The number of halogens is 2. The molecular formula is C16H15BrClNO2S. The molecular weight excluding hydrogens is 386 g/mol. The maximum atomic E-state index is 12.5. The molecule has 0 saturated heterocycles. The van der Waals surface area contributed by atoms with Gasteiger partial charge in [0, 0.05) is 22.2 Å². The van der Waals surface area contributed by atoms with Gasteiger partial charge in [-0.05, 0) is 30.3 Å². The summed E-state index contributed by atoms with van der Waals surface area (Å²) in [6.45, 7) is 0.638. The molecule has 2 aromatic carbocycles. The van der Waals surface area contributed by atoms with Crippen molar-refractivity contribution in [2.75, 3.05) is 24.8 Å². The number of hydrogen-bond acceptors (Lipinski definition) is 3. The van der Waals surface area contributed by atoms with Crippen molar-refractivity contribution in [2.45, 2.75) is 4.90 Å². The molecule has 2 rings (SSSR count). The second-order valence-corrected chi connectivity index (χ2v) is 6.88. The summed E-state index contributed by atoms with van der Waals surface area (Å²) < 4.78 is 5.91. The van der Waals surface area contributed by atoms with E-state index in [2.05, 4.69) is 21.2 Å². The molecule has 0 aromatic heterocycles.